The van der Waals surface area contributed by atoms with E-state index in [1.165, 1.54) is 34.9 Å². The fourth-order valence-corrected chi connectivity index (χ4v) is 5.96. The summed E-state index contributed by atoms with van der Waals surface area (Å²) < 4.78 is 18.7. The zero-order valence-corrected chi connectivity index (χ0v) is 16.6. The van der Waals surface area contributed by atoms with Crippen LogP contribution in [0.15, 0.2) is 109 Å². The number of ether oxygens (including phenoxy) is 1. The molecule has 0 atom stereocenters. The van der Waals surface area contributed by atoms with Gasteiger partial charge in [-0.3, -0.25) is 0 Å². The van der Waals surface area contributed by atoms with E-state index in [2.05, 4.69) is 24.3 Å². The van der Waals surface area contributed by atoms with Crippen molar-refractivity contribution >= 4 is 29.8 Å². The third-order valence-corrected chi connectivity index (χ3v) is 7.36. The first-order valence-corrected chi connectivity index (χ1v) is 10.8. The summed E-state index contributed by atoms with van der Waals surface area (Å²) in [5.41, 5.74) is 0.526. The van der Waals surface area contributed by atoms with Crippen LogP contribution in [0.3, 0.4) is 0 Å². The highest BCUT2D eigenvalue weighted by Gasteiger charge is 2.30. The van der Waals surface area contributed by atoms with Crippen molar-refractivity contribution in [2.75, 3.05) is 0 Å². The molecule has 0 radical (unpaired) electrons. The van der Waals surface area contributed by atoms with Gasteiger partial charge >= 0.3 is 5.97 Å². The van der Waals surface area contributed by atoms with Crippen molar-refractivity contribution in [1.29, 1.82) is 0 Å². The number of halogens is 1. The van der Waals surface area contributed by atoms with E-state index in [9.17, 15) is 9.18 Å². The molecule has 0 aliphatic carbocycles. The minimum Gasteiger partial charge on any atom is -0.423 e. The molecule has 142 valence electrons. The highest BCUT2D eigenvalue weighted by atomic mass is 31.1. The lowest BCUT2D eigenvalue weighted by Gasteiger charge is -2.14. The third kappa shape index (κ3) is 4.42. The fraction of sp³-hybridized carbons (Fsp3) is 0. The Morgan fingerprint density at radius 1 is 0.655 bits per heavy atom. The Morgan fingerprint density at radius 2 is 1.17 bits per heavy atom. The molecule has 0 aliphatic heterocycles. The Balaban J connectivity index is 1.76. The summed E-state index contributed by atoms with van der Waals surface area (Å²) in [6.07, 6.45) is 0. The van der Waals surface area contributed by atoms with Crippen molar-refractivity contribution in [3.63, 3.8) is 0 Å². The molecule has 0 spiro atoms. The third-order valence-electron chi connectivity index (χ3n) is 4.57. The van der Waals surface area contributed by atoms with Gasteiger partial charge in [0.1, 0.15) is 33.0 Å². The molecule has 0 bridgehead atoms. The van der Waals surface area contributed by atoms with Crippen LogP contribution in [0.1, 0.15) is 10.4 Å². The maximum atomic E-state index is 13.2. The van der Waals surface area contributed by atoms with Gasteiger partial charge in [0, 0.05) is 0 Å². The maximum Gasteiger partial charge on any atom is 0.347 e. The zero-order valence-electron chi connectivity index (χ0n) is 15.6. The second-order valence-corrected chi connectivity index (χ2v) is 8.94. The highest BCUT2D eigenvalue weighted by Crippen LogP contribution is 2.34. The summed E-state index contributed by atoms with van der Waals surface area (Å²) >= 11 is 0. The lowest BCUT2D eigenvalue weighted by Crippen LogP contribution is -2.26. The Kier molecular flexibility index (Phi) is 5.79. The summed E-state index contributed by atoms with van der Waals surface area (Å²) in [5, 5.41) is 3.33. The molecule has 29 heavy (non-hydrogen) atoms. The summed E-state index contributed by atoms with van der Waals surface area (Å²) in [6.45, 7) is 0. The number of hydrogen-bond donors (Lipinski definition) is 0. The molecule has 0 amide bonds. The predicted molar refractivity (Wildman–Crippen MR) is 118 cm³/mol. The van der Waals surface area contributed by atoms with Crippen molar-refractivity contribution in [2.24, 2.45) is 0 Å². The van der Waals surface area contributed by atoms with Crippen LogP contribution in [0.5, 0.6) is 5.75 Å². The maximum absolute atomic E-state index is 13.2. The van der Waals surface area contributed by atoms with E-state index in [0.717, 1.165) is 5.30 Å². The summed E-state index contributed by atoms with van der Waals surface area (Å²) in [5.74, 6) is -0.496. The predicted octanol–water partition coefficient (Wildman–Crippen LogP) is 4.54. The van der Waals surface area contributed by atoms with Crippen LogP contribution in [-0.2, 0) is 0 Å². The van der Waals surface area contributed by atoms with E-state index in [1.807, 2.05) is 54.6 Å². The van der Waals surface area contributed by atoms with Gasteiger partial charge < -0.3 is 4.74 Å². The van der Waals surface area contributed by atoms with Gasteiger partial charge in [0.25, 0.3) is 0 Å². The zero-order chi connectivity index (χ0) is 20.1. The number of rotatable bonds is 5. The molecule has 0 aliphatic rings. The summed E-state index contributed by atoms with van der Waals surface area (Å²) in [6, 6.07) is 33.5. The van der Waals surface area contributed by atoms with Crippen molar-refractivity contribution in [1.82, 2.24) is 0 Å². The molecular weight excluding hydrogens is 382 g/mol. The van der Waals surface area contributed by atoms with Crippen molar-refractivity contribution in [3.05, 3.63) is 121 Å². The van der Waals surface area contributed by atoms with Gasteiger partial charge in [-0.1, -0.05) is 48.5 Å². The Bertz CT molecular complexity index is 1060. The van der Waals surface area contributed by atoms with Crippen molar-refractivity contribution < 1.29 is 13.9 Å². The van der Waals surface area contributed by atoms with Gasteiger partial charge in [0.05, 0.1) is 7.92 Å². The molecule has 4 aromatic carbocycles. The average molecular weight is 401 g/mol. The first-order chi connectivity index (χ1) is 14.2. The summed E-state index contributed by atoms with van der Waals surface area (Å²) in [4.78, 5) is 13.0. The van der Waals surface area contributed by atoms with Crippen molar-refractivity contribution in [2.45, 2.75) is 0 Å². The Hall–Kier alpha value is -3.29. The van der Waals surface area contributed by atoms with E-state index in [-0.39, 0.29) is 5.82 Å². The largest absolute Gasteiger partial charge is 0.423 e. The SMILES string of the molecule is O=C(Oc1ccc(F)cc1)c1ccccc1[PH+](c1ccccc1)c1ccccc1. The second kappa shape index (κ2) is 8.81. The average Bonchev–Trinajstić information content (AvgIpc) is 2.77. The van der Waals surface area contributed by atoms with Crippen LogP contribution in [0.25, 0.3) is 0 Å². The normalized spacial score (nSPS) is 10.7. The van der Waals surface area contributed by atoms with E-state index >= 15 is 0 Å². The quantitative estimate of drug-likeness (QED) is 0.279. The van der Waals surface area contributed by atoms with Crippen LogP contribution >= 0.6 is 7.92 Å². The van der Waals surface area contributed by atoms with Gasteiger partial charge in [-0.05, 0) is 60.7 Å². The van der Waals surface area contributed by atoms with Gasteiger partial charge in [0.15, 0.2) is 0 Å². The van der Waals surface area contributed by atoms with Gasteiger partial charge in [0.2, 0.25) is 0 Å². The number of esters is 1. The Labute approximate surface area is 170 Å². The lowest BCUT2D eigenvalue weighted by molar-refractivity contribution is 0.0736. The molecule has 0 saturated carbocycles. The number of hydrogen-bond acceptors (Lipinski definition) is 2. The number of benzene rings is 4. The standard InChI is InChI=1S/C25H18FO2P/c26-19-15-17-20(18-16-19)28-25(27)23-13-7-8-14-24(23)29(21-9-3-1-4-10-21)22-11-5-2-6-12-22/h1-18H/p+1. The number of carbonyl (C=O) groups is 1. The van der Waals surface area contributed by atoms with Crippen LogP contribution in [0.4, 0.5) is 4.39 Å². The molecule has 4 aromatic rings. The van der Waals surface area contributed by atoms with Gasteiger partial charge in [-0.15, -0.1) is 0 Å². The van der Waals surface area contributed by atoms with E-state index < -0.39 is 13.9 Å². The molecule has 0 saturated heterocycles. The van der Waals surface area contributed by atoms with Crippen LogP contribution < -0.4 is 20.7 Å². The summed E-state index contributed by atoms with van der Waals surface area (Å²) in [7, 11) is -1.41. The smallest absolute Gasteiger partial charge is 0.347 e. The van der Waals surface area contributed by atoms with Gasteiger partial charge in [-0.25, -0.2) is 9.18 Å². The molecule has 0 N–H and O–H groups in total. The number of carbonyl (C=O) groups excluding carboxylic acids is 1. The molecule has 0 unspecified atom stereocenters. The van der Waals surface area contributed by atoms with Crippen LogP contribution in [0, 0.1) is 5.82 Å². The molecule has 0 aromatic heterocycles. The van der Waals surface area contributed by atoms with Gasteiger partial charge in [-0.2, -0.15) is 0 Å². The molecule has 0 fully saturated rings. The monoisotopic (exact) mass is 401 g/mol. The van der Waals surface area contributed by atoms with Crippen LogP contribution in [0.2, 0.25) is 0 Å². The molecule has 2 nitrogen and oxygen atoms in total. The van der Waals surface area contributed by atoms with Crippen LogP contribution in [-0.4, -0.2) is 5.97 Å². The second-order valence-electron chi connectivity index (χ2n) is 6.50. The molecule has 4 rings (SSSR count). The lowest BCUT2D eigenvalue weighted by atomic mass is 10.2. The molecular formula is C25H19FO2P+. The van der Waals surface area contributed by atoms with E-state index in [1.54, 1.807) is 6.07 Å². The van der Waals surface area contributed by atoms with E-state index in [0.29, 0.717) is 11.3 Å². The topological polar surface area (TPSA) is 26.3 Å². The van der Waals surface area contributed by atoms with Crippen molar-refractivity contribution in [3.8, 4) is 5.75 Å². The first kappa shape index (κ1) is 19.0. The highest BCUT2D eigenvalue weighted by molar-refractivity contribution is 7.80. The molecule has 4 heteroatoms. The minimum absolute atomic E-state index is 0.319. The molecule has 0 heterocycles. The minimum atomic E-state index is -1.41. The van der Waals surface area contributed by atoms with E-state index in [4.69, 9.17) is 4.74 Å². The Morgan fingerprint density at radius 3 is 1.76 bits per heavy atom. The fourth-order valence-electron chi connectivity index (χ4n) is 3.23. The first-order valence-electron chi connectivity index (χ1n) is 9.27.